The lowest BCUT2D eigenvalue weighted by Crippen LogP contribution is -2.43. The Morgan fingerprint density at radius 1 is 1.00 bits per heavy atom. The van der Waals surface area contributed by atoms with Gasteiger partial charge in [-0.25, -0.2) is 4.79 Å². The molecule has 0 spiro atoms. The number of Topliss-reactive ketones (excluding diaryl/α,β-unsaturated/α-hetero) is 1. The predicted molar refractivity (Wildman–Crippen MR) is 139 cm³/mol. The summed E-state index contributed by atoms with van der Waals surface area (Å²) in [6.45, 7) is 4.73. The highest BCUT2D eigenvalue weighted by molar-refractivity contribution is 6.13. The fourth-order valence-electron chi connectivity index (χ4n) is 5.50. The quantitative estimate of drug-likeness (QED) is 0.359. The fraction of sp³-hybridized carbons (Fsp3) is 0.367. The molecule has 1 N–H and O–H groups in total. The molecule has 0 fully saturated rings. The van der Waals surface area contributed by atoms with Gasteiger partial charge < -0.3 is 19.5 Å². The highest BCUT2D eigenvalue weighted by Gasteiger charge is 2.50. The van der Waals surface area contributed by atoms with Crippen LogP contribution in [0.15, 0.2) is 71.1 Å². The molecule has 0 saturated carbocycles. The van der Waals surface area contributed by atoms with Crippen molar-refractivity contribution in [2.45, 2.75) is 45.2 Å². The second-order valence-electron chi connectivity index (χ2n) is 9.47. The lowest BCUT2D eigenvalue weighted by molar-refractivity contribution is -0.152. The number of rotatable bonds is 7. The molecule has 10 heteroatoms. The highest BCUT2D eigenvalue weighted by Crippen LogP contribution is 2.50. The highest BCUT2D eigenvalue weighted by atomic mass is 19.4. The number of allylic oxidation sites excluding steroid dienone is 3. The van der Waals surface area contributed by atoms with Gasteiger partial charge in [-0.1, -0.05) is 30.3 Å². The molecule has 40 heavy (non-hydrogen) atoms. The molecule has 212 valence electrons. The minimum Gasteiger partial charge on any atom is -0.497 e. The summed E-state index contributed by atoms with van der Waals surface area (Å²) in [5.41, 5.74) is -0.171. The molecular formula is C30H30F3NO6. The van der Waals surface area contributed by atoms with Gasteiger partial charge in [0.15, 0.2) is 5.78 Å². The zero-order valence-electron chi connectivity index (χ0n) is 22.6. The molecule has 0 bridgehead atoms. The second kappa shape index (κ2) is 11.6. The van der Waals surface area contributed by atoms with Gasteiger partial charge in [-0.3, -0.25) is 9.59 Å². The van der Waals surface area contributed by atoms with Crippen molar-refractivity contribution in [3.8, 4) is 5.75 Å². The summed E-state index contributed by atoms with van der Waals surface area (Å²) < 4.78 is 58.4. The maximum absolute atomic E-state index is 14.3. The molecule has 1 aliphatic carbocycles. The van der Waals surface area contributed by atoms with Crippen molar-refractivity contribution < 1.29 is 41.8 Å². The van der Waals surface area contributed by atoms with Gasteiger partial charge in [-0.05, 0) is 56.5 Å². The lowest BCUT2D eigenvalue weighted by atomic mass is 9.66. The van der Waals surface area contributed by atoms with E-state index in [9.17, 15) is 27.6 Å². The third-order valence-electron chi connectivity index (χ3n) is 7.18. The molecular weight excluding hydrogens is 527 g/mol. The molecule has 1 heterocycles. The van der Waals surface area contributed by atoms with E-state index in [1.165, 1.54) is 25.3 Å². The Kier molecular flexibility index (Phi) is 8.37. The number of nitrogens with one attached hydrogen (secondary N) is 1. The topological polar surface area (TPSA) is 90.9 Å². The number of carbonyl (C=O) groups is 3. The SMILES string of the molecule is CCOC(=O)C1=C(C)NC2=C(C(=O)[C@H](C(=O)OCC)[C@H](c3ccc(OC)cc3)C2)[C@@H]1c1ccccc1C(F)(F)F. The first-order chi connectivity index (χ1) is 19.0. The first-order valence-corrected chi connectivity index (χ1v) is 12.9. The number of benzene rings is 2. The standard InChI is InChI=1S/C30H30F3NO6/c1-5-39-28(36)23-16(3)34-22-15-20(17-11-13-18(38-4)14-12-17)25(29(37)40-6-2)27(35)26(22)24(23)19-9-7-8-10-21(19)30(31,32)33/h7-14,20,24-25,34H,5-6,15H2,1-4H3/t20-,24+,25+/m0/s1. The van der Waals surface area contributed by atoms with Crippen LogP contribution in [0.3, 0.4) is 0 Å². The Labute approximate surface area is 230 Å². The molecule has 3 atom stereocenters. The maximum atomic E-state index is 14.3. The molecule has 0 saturated heterocycles. The first kappa shape index (κ1) is 28.9. The normalized spacial score (nSPS) is 21.0. The van der Waals surface area contributed by atoms with Crippen LogP contribution in [0.2, 0.25) is 0 Å². The number of methoxy groups -OCH3 is 1. The van der Waals surface area contributed by atoms with E-state index in [1.807, 2.05) is 0 Å². The summed E-state index contributed by atoms with van der Waals surface area (Å²) in [6.07, 6.45) is -4.64. The van der Waals surface area contributed by atoms with Crippen molar-refractivity contribution >= 4 is 17.7 Å². The number of hydrogen-bond donors (Lipinski definition) is 1. The molecule has 0 amide bonds. The summed E-state index contributed by atoms with van der Waals surface area (Å²) in [5.74, 6) is -5.17. The molecule has 0 aromatic heterocycles. The van der Waals surface area contributed by atoms with Crippen LogP contribution in [0.4, 0.5) is 13.2 Å². The molecule has 0 unspecified atom stereocenters. The van der Waals surface area contributed by atoms with E-state index in [1.54, 1.807) is 45.0 Å². The summed E-state index contributed by atoms with van der Waals surface area (Å²) >= 11 is 0. The number of carbonyl (C=O) groups excluding carboxylic acids is 3. The average molecular weight is 558 g/mol. The Hall–Kier alpha value is -4.08. The van der Waals surface area contributed by atoms with Gasteiger partial charge in [0.25, 0.3) is 0 Å². The van der Waals surface area contributed by atoms with Crippen LogP contribution in [0.5, 0.6) is 5.75 Å². The molecule has 2 aliphatic rings. The number of esters is 2. The van der Waals surface area contributed by atoms with Crippen LogP contribution >= 0.6 is 0 Å². The van der Waals surface area contributed by atoms with Crippen molar-refractivity contribution in [3.05, 3.63) is 87.8 Å². The Morgan fingerprint density at radius 3 is 2.25 bits per heavy atom. The zero-order chi connectivity index (χ0) is 29.2. The monoisotopic (exact) mass is 557 g/mol. The Morgan fingerprint density at radius 2 is 1.65 bits per heavy atom. The predicted octanol–water partition coefficient (Wildman–Crippen LogP) is 5.43. The van der Waals surface area contributed by atoms with E-state index in [0.29, 0.717) is 17.0 Å². The van der Waals surface area contributed by atoms with Crippen molar-refractivity contribution in [2.75, 3.05) is 20.3 Å². The summed E-state index contributed by atoms with van der Waals surface area (Å²) in [5, 5.41) is 3.09. The Bertz CT molecular complexity index is 1380. The summed E-state index contributed by atoms with van der Waals surface area (Å²) in [6, 6.07) is 11.7. The molecule has 4 rings (SSSR count). The van der Waals surface area contributed by atoms with E-state index < -0.39 is 47.2 Å². The number of halogens is 3. The van der Waals surface area contributed by atoms with Gasteiger partial charge in [0, 0.05) is 28.8 Å². The van der Waals surface area contributed by atoms with E-state index in [2.05, 4.69) is 5.32 Å². The molecule has 2 aromatic rings. The number of ether oxygens (including phenoxy) is 3. The van der Waals surface area contributed by atoms with Crippen molar-refractivity contribution in [1.29, 1.82) is 0 Å². The van der Waals surface area contributed by atoms with Crippen molar-refractivity contribution in [3.63, 3.8) is 0 Å². The number of hydrogen-bond acceptors (Lipinski definition) is 7. The van der Waals surface area contributed by atoms with Crippen LogP contribution in [-0.4, -0.2) is 38.0 Å². The van der Waals surface area contributed by atoms with Crippen LogP contribution < -0.4 is 10.1 Å². The molecule has 0 radical (unpaired) electrons. The van der Waals surface area contributed by atoms with E-state index in [-0.39, 0.29) is 42.0 Å². The first-order valence-electron chi connectivity index (χ1n) is 12.9. The van der Waals surface area contributed by atoms with Gasteiger partial charge in [0.05, 0.1) is 31.5 Å². The summed E-state index contributed by atoms with van der Waals surface area (Å²) in [4.78, 5) is 40.7. The fourth-order valence-corrected chi connectivity index (χ4v) is 5.50. The van der Waals surface area contributed by atoms with Crippen LogP contribution in [0, 0.1) is 5.92 Å². The summed E-state index contributed by atoms with van der Waals surface area (Å²) in [7, 11) is 1.51. The van der Waals surface area contributed by atoms with Gasteiger partial charge in [0.1, 0.15) is 11.7 Å². The average Bonchev–Trinajstić information content (AvgIpc) is 2.92. The zero-order valence-corrected chi connectivity index (χ0v) is 22.6. The minimum atomic E-state index is -4.76. The third kappa shape index (κ3) is 5.35. The smallest absolute Gasteiger partial charge is 0.416 e. The van der Waals surface area contributed by atoms with Gasteiger partial charge >= 0.3 is 18.1 Å². The Balaban J connectivity index is 1.95. The molecule has 2 aromatic carbocycles. The third-order valence-corrected chi connectivity index (χ3v) is 7.18. The van der Waals surface area contributed by atoms with Gasteiger partial charge in [-0.2, -0.15) is 13.2 Å². The molecule has 1 aliphatic heterocycles. The van der Waals surface area contributed by atoms with Crippen LogP contribution in [0.1, 0.15) is 55.7 Å². The number of alkyl halides is 3. The van der Waals surface area contributed by atoms with E-state index in [4.69, 9.17) is 14.2 Å². The van der Waals surface area contributed by atoms with Crippen molar-refractivity contribution in [2.24, 2.45) is 5.92 Å². The lowest BCUT2D eigenvalue weighted by Gasteiger charge is -2.40. The number of dihydropyridines is 1. The van der Waals surface area contributed by atoms with Gasteiger partial charge in [0.2, 0.25) is 0 Å². The van der Waals surface area contributed by atoms with E-state index >= 15 is 0 Å². The maximum Gasteiger partial charge on any atom is 0.416 e. The van der Waals surface area contributed by atoms with Crippen LogP contribution in [-0.2, 0) is 30.0 Å². The van der Waals surface area contributed by atoms with E-state index in [0.717, 1.165) is 6.07 Å². The molecule has 7 nitrogen and oxygen atoms in total. The largest absolute Gasteiger partial charge is 0.497 e. The van der Waals surface area contributed by atoms with Gasteiger partial charge in [-0.15, -0.1) is 0 Å². The minimum absolute atomic E-state index is 0.00945. The second-order valence-corrected chi connectivity index (χ2v) is 9.47. The van der Waals surface area contributed by atoms with Crippen molar-refractivity contribution in [1.82, 2.24) is 5.32 Å². The van der Waals surface area contributed by atoms with Crippen LogP contribution in [0.25, 0.3) is 0 Å². The number of ketones is 1.